The Kier molecular flexibility index (Phi) is 4.14. The van der Waals surface area contributed by atoms with Crippen molar-refractivity contribution in [2.24, 2.45) is 0 Å². The summed E-state index contributed by atoms with van der Waals surface area (Å²) in [4.78, 5) is 0. The fraction of sp³-hybridized carbons (Fsp3) is 0.250. The number of anilines is 1. The van der Waals surface area contributed by atoms with Gasteiger partial charge in [-0.1, -0.05) is 50.2 Å². The Labute approximate surface area is 120 Å². The van der Waals surface area contributed by atoms with Crippen LogP contribution in [-0.2, 0) is 10.0 Å². The van der Waals surface area contributed by atoms with E-state index in [0.717, 1.165) is 17.4 Å². The molecule has 0 aromatic heterocycles. The average molecular weight is 289 g/mol. The Morgan fingerprint density at radius 2 is 1.30 bits per heavy atom. The highest BCUT2D eigenvalue weighted by molar-refractivity contribution is 7.92. The monoisotopic (exact) mass is 289 g/mol. The molecule has 2 aromatic carbocycles. The molecule has 0 saturated heterocycles. The third kappa shape index (κ3) is 3.84. The number of nitrogens with one attached hydrogen (secondary N) is 1. The molecule has 0 spiro atoms. The van der Waals surface area contributed by atoms with E-state index >= 15 is 0 Å². The smallest absolute Gasteiger partial charge is 0.229 e. The lowest BCUT2D eigenvalue weighted by molar-refractivity contribution is 0.607. The summed E-state index contributed by atoms with van der Waals surface area (Å²) in [5.74, 6) is 0.519. The molecular weight excluding hydrogens is 270 g/mol. The van der Waals surface area contributed by atoms with E-state index in [9.17, 15) is 8.42 Å². The first-order valence-corrected chi connectivity index (χ1v) is 8.42. The van der Waals surface area contributed by atoms with Crippen LogP contribution in [-0.4, -0.2) is 14.7 Å². The molecule has 0 aliphatic rings. The standard InChI is InChI=1S/C16H19NO2S/c1-12(2)13-4-6-14(7-5-13)15-8-10-16(11-9-15)17-20(3,18)19/h4-12,17H,1-3H3. The molecule has 4 heteroatoms. The van der Waals surface area contributed by atoms with Gasteiger partial charge in [0.15, 0.2) is 0 Å². The fourth-order valence-corrected chi connectivity index (χ4v) is 2.57. The first kappa shape index (κ1) is 14.6. The SMILES string of the molecule is CC(C)c1ccc(-c2ccc(NS(C)(=O)=O)cc2)cc1. The first-order valence-electron chi connectivity index (χ1n) is 6.53. The summed E-state index contributed by atoms with van der Waals surface area (Å²) in [6.07, 6.45) is 1.14. The van der Waals surface area contributed by atoms with Gasteiger partial charge in [0.2, 0.25) is 10.0 Å². The van der Waals surface area contributed by atoms with Gasteiger partial charge in [-0.25, -0.2) is 8.42 Å². The topological polar surface area (TPSA) is 46.2 Å². The molecule has 0 fully saturated rings. The van der Waals surface area contributed by atoms with Gasteiger partial charge in [-0.15, -0.1) is 0 Å². The zero-order valence-electron chi connectivity index (χ0n) is 11.9. The van der Waals surface area contributed by atoms with Crippen LogP contribution in [0.1, 0.15) is 25.3 Å². The zero-order valence-corrected chi connectivity index (χ0v) is 12.7. The van der Waals surface area contributed by atoms with Gasteiger partial charge in [0.05, 0.1) is 6.26 Å². The Morgan fingerprint density at radius 3 is 1.70 bits per heavy atom. The van der Waals surface area contributed by atoms with E-state index in [1.54, 1.807) is 12.1 Å². The van der Waals surface area contributed by atoms with Crippen molar-refractivity contribution in [2.45, 2.75) is 19.8 Å². The van der Waals surface area contributed by atoms with E-state index in [1.807, 2.05) is 12.1 Å². The minimum Gasteiger partial charge on any atom is -0.284 e. The molecular formula is C16H19NO2S. The van der Waals surface area contributed by atoms with E-state index in [0.29, 0.717) is 11.6 Å². The molecule has 1 N–H and O–H groups in total. The fourth-order valence-electron chi connectivity index (χ4n) is 2.01. The van der Waals surface area contributed by atoms with Crippen molar-refractivity contribution in [1.29, 1.82) is 0 Å². The molecule has 2 rings (SSSR count). The van der Waals surface area contributed by atoms with Crippen LogP contribution < -0.4 is 4.72 Å². The molecule has 0 unspecified atom stereocenters. The van der Waals surface area contributed by atoms with Crippen molar-refractivity contribution in [2.75, 3.05) is 11.0 Å². The highest BCUT2D eigenvalue weighted by atomic mass is 32.2. The highest BCUT2D eigenvalue weighted by Crippen LogP contribution is 2.24. The van der Waals surface area contributed by atoms with Gasteiger partial charge in [0.25, 0.3) is 0 Å². The van der Waals surface area contributed by atoms with Gasteiger partial charge < -0.3 is 0 Å². The van der Waals surface area contributed by atoms with Crippen LogP contribution in [0, 0.1) is 0 Å². The molecule has 0 aliphatic heterocycles. The first-order chi connectivity index (χ1) is 9.35. The van der Waals surface area contributed by atoms with E-state index < -0.39 is 10.0 Å². The zero-order chi connectivity index (χ0) is 14.8. The number of benzene rings is 2. The van der Waals surface area contributed by atoms with Crippen LogP contribution in [0.25, 0.3) is 11.1 Å². The molecule has 0 radical (unpaired) electrons. The molecule has 0 heterocycles. The van der Waals surface area contributed by atoms with Gasteiger partial charge >= 0.3 is 0 Å². The van der Waals surface area contributed by atoms with Gasteiger partial charge in [-0.05, 0) is 34.7 Å². The molecule has 0 aliphatic carbocycles. The predicted octanol–water partition coefficient (Wildman–Crippen LogP) is 3.85. The molecule has 106 valence electrons. The summed E-state index contributed by atoms with van der Waals surface area (Å²) in [5, 5.41) is 0. The Bertz CT molecular complexity index is 671. The second-order valence-electron chi connectivity index (χ2n) is 5.23. The van der Waals surface area contributed by atoms with Crippen LogP contribution in [0.5, 0.6) is 0 Å². The van der Waals surface area contributed by atoms with Crippen LogP contribution in [0.2, 0.25) is 0 Å². The maximum atomic E-state index is 11.1. The molecule has 0 atom stereocenters. The van der Waals surface area contributed by atoms with Crippen molar-refractivity contribution < 1.29 is 8.42 Å². The predicted molar refractivity (Wildman–Crippen MR) is 84.4 cm³/mol. The number of hydrogen-bond donors (Lipinski definition) is 1. The normalized spacial score (nSPS) is 11.6. The van der Waals surface area contributed by atoms with Gasteiger partial charge in [0.1, 0.15) is 0 Å². The summed E-state index contributed by atoms with van der Waals surface area (Å²) in [5.41, 5.74) is 4.08. The minimum atomic E-state index is -3.22. The van der Waals surface area contributed by atoms with E-state index in [-0.39, 0.29) is 0 Å². The Balaban J connectivity index is 2.21. The van der Waals surface area contributed by atoms with Crippen LogP contribution in [0.3, 0.4) is 0 Å². The molecule has 0 amide bonds. The molecule has 0 bridgehead atoms. The summed E-state index contributed by atoms with van der Waals surface area (Å²) in [6.45, 7) is 4.33. The molecule has 3 nitrogen and oxygen atoms in total. The van der Waals surface area contributed by atoms with E-state index in [4.69, 9.17) is 0 Å². The number of rotatable bonds is 4. The van der Waals surface area contributed by atoms with Crippen LogP contribution in [0.15, 0.2) is 48.5 Å². The third-order valence-electron chi connectivity index (χ3n) is 3.10. The minimum absolute atomic E-state index is 0.519. The van der Waals surface area contributed by atoms with E-state index in [2.05, 4.69) is 42.8 Å². The molecule has 20 heavy (non-hydrogen) atoms. The summed E-state index contributed by atoms with van der Waals surface area (Å²) < 4.78 is 24.7. The van der Waals surface area contributed by atoms with Crippen molar-refractivity contribution in [3.63, 3.8) is 0 Å². The molecule has 0 saturated carbocycles. The summed E-state index contributed by atoms with van der Waals surface area (Å²) >= 11 is 0. The van der Waals surface area contributed by atoms with Crippen LogP contribution >= 0.6 is 0 Å². The third-order valence-corrected chi connectivity index (χ3v) is 3.71. The second kappa shape index (κ2) is 5.67. The van der Waals surface area contributed by atoms with Gasteiger partial charge in [-0.3, -0.25) is 4.72 Å². The number of sulfonamides is 1. The Hall–Kier alpha value is -1.81. The van der Waals surface area contributed by atoms with Crippen molar-refractivity contribution in [3.05, 3.63) is 54.1 Å². The van der Waals surface area contributed by atoms with Gasteiger partial charge in [0, 0.05) is 5.69 Å². The lowest BCUT2D eigenvalue weighted by Gasteiger charge is -2.08. The summed E-state index contributed by atoms with van der Waals surface area (Å²) in [7, 11) is -3.22. The average Bonchev–Trinajstić information content (AvgIpc) is 2.38. The highest BCUT2D eigenvalue weighted by Gasteiger charge is 2.03. The quantitative estimate of drug-likeness (QED) is 0.929. The lowest BCUT2D eigenvalue weighted by Crippen LogP contribution is -2.09. The largest absolute Gasteiger partial charge is 0.284 e. The summed E-state index contributed by atoms with van der Waals surface area (Å²) in [6, 6.07) is 15.8. The lowest BCUT2D eigenvalue weighted by atomic mass is 9.99. The van der Waals surface area contributed by atoms with E-state index in [1.165, 1.54) is 5.56 Å². The Morgan fingerprint density at radius 1 is 0.850 bits per heavy atom. The van der Waals surface area contributed by atoms with Crippen molar-refractivity contribution in [3.8, 4) is 11.1 Å². The second-order valence-corrected chi connectivity index (χ2v) is 6.98. The van der Waals surface area contributed by atoms with Gasteiger partial charge in [-0.2, -0.15) is 0 Å². The number of hydrogen-bond acceptors (Lipinski definition) is 2. The molecule has 2 aromatic rings. The maximum Gasteiger partial charge on any atom is 0.229 e. The maximum absolute atomic E-state index is 11.1. The van der Waals surface area contributed by atoms with Crippen molar-refractivity contribution in [1.82, 2.24) is 0 Å². The van der Waals surface area contributed by atoms with Crippen molar-refractivity contribution >= 4 is 15.7 Å². The van der Waals surface area contributed by atoms with Crippen LogP contribution in [0.4, 0.5) is 5.69 Å².